The summed E-state index contributed by atoms with van der Waals surface area (Å²) in [6, 6.07) is 6.43. The molecule has 0 saturated carbocycles. The highest BCUT2D eigenvalue weighted by molar-refractivity contribution is 7.90. The summed E-state index contributed by atoms with van der Waals surface area (Å²) in [5.74, 6) is -1.35. The van der Waals surface area contributed by atoms with Gasteiger partial charge >= 0.3 is 5.97 Å². The average molecular weight is 347 g/mol. The summed E-state index contributed by atoms with van der Waals surface area (Å²) >= 11 is 5.81. The molecular weight excluding hydrogens is 332 g/mol. The summed E-state index contributed by atoms with van der Waals surface area (Å²) in [7, 11) is -3.61. The smallest absolute Gasteiger partial charge is 0.304 e. The fraction of sp³-hybridized carbons (Fsp3) is 0.385. The second kappa shape index (κ2) is 6.64. The molecule has 7 nitrogen and oxygen atoms in total. The van der Waals surface area contributed by atoms with E-state index >= 15 is 0 Å². The molecule has 0 atom stereocenters. The lowest BCUT2D eigenvalue weighted by Crippen LogP contribution is -2.59. The highest BCUT2D eigenvalue weighted by atomic mass is 35.5. The molecule has 2 rings (SSSR count). The van der Waals surface area contributed by atoms with Gasteiger partial charge in [0, 0.05) is 30.2 Å². The van der Waals surface area contributed by atoms with Crippen molar-refractivity contribution in [3.63, 3.8) is 0 Å². The normalized spacial score (nSPS) is 15.4. The molecule has 1 aliphatic heterocycles. The number of hydrogen-bond donors (Lipinski definition) is 2. The molecule has 1 saturated heterocycles. The van der Waals surface area contributed by atoms with Gasteiger partial charge in [-0.05, 0) is 18.2 Å². The van der Waals surface area contributed by atoms with Crippen LogP contribution in [0.5, 0.6) is 0 Å². The van der Waals surface area contributed by atoms with Crippen molar-refractivity contribution >= 4 is 33.5 Å². The van der Waals surface area contributed by atoms with Crippen LogP contribution in [0.15, 0.2) is 24.3 Å². The molecule has 0 bridgehead atoms. The lowest BCUT2D eigenvalue weighted by atomic mass is 10.1. The Morgan fingerprint density at radius 3 is 2.64 bits per heavy atom. The Hall–Kier alpha value is -1.64. The van der Waals surface area contributed by atoms with Gasteiger partial charge in [0.2, 0.25) is 10.0 Å². The standard InChI is InChI=1S/C13H15ClN2O5S/c14-10-3-1-2-9(6-10)13(19)16-7-11(8-16)22(20,21)15-5-4-12(17)18/h1-3,6,11,15H,4-5,7-8H2,(H,17,18). The first-order valence-electron chi connectivity index (χ1n) is 6.55. The van der Waals surface area contributed by atoms with Crippen LogP contribution < -0.4 is 4.72 Å². The number of nitrogens with zero attached hydrogens (tertiary/aromatic N) is 1. The van der Waals surface area contributed by atoms with Crippen molar-refractivity contribution in [2.75, 3.05) is 19.6 Å². The Labute approximate surface area is 132 Å². The van der Waals surface area contributed by atoms with Gasteiger partial charge in [-0.15, -0.1) is 0 Å². The number of nitrogens with one attached hydrogen (secondary N) is 1. The number of amides is 1. The first-order valence-corrected chi connectivity index (χ1v) is 8.47. The summed E-state index contributed by atoms with van der Waals surface area (Å²) in [4.78, 5) is 23.9. The molecule has 1 heterocycles. The molecule has 1 aromatic carbocycles. The van der Waals surface area contributed by atoms with Crippen molar-refractivity contribution in [1.29, 1.82) is 0 Å². The van der Waals surface area contributed by atoms with Crippen LogP contribution >= 0.6 is 11.6 Å². The van der Waals surface area contributed by atoms with Crippen molar-refractivity contribution in [2.45, 2.75) is 11.7 Å². The Balaban J connectivity index is 1.89. The Bertz CT molecular complexity index is 685. The topological polar surface area (TPSA) is 104 Å². The number of hydrogen-bond acceptors (Lipinski definition) is 4. The third-order valence-electron chi connectivity index (χ3n) is 3.29. The number of aliphatic carboxylic acids is 1. The quantitative estimate of drug-likeness (QED) is 0.783. The second-order valence-electron chi connectivity index (χ2n) is 4.93. The summed E-state index contributed by atoms with van der Waals surface area (Å²) in [6.45, 7) is -0.00207. The van der Waals surface area contributed by atoms with Gasteiger partial charge < -0.3 is 10.0 Å². The van der Waals surface area contributed by atoms with Crippen molar-refractivity contribution in [2.24, 2.45) is 0 Å². The molecule has 1 amide bonds. The van der Waals surface area contributed by atoms with E-state index in [9.17, 15) is 18.0 Å². The molecule has 0 aromatic heterocycles. The predicted octanol–water partition coefficient (Wildman–Crippen LogP) is 0.559. The highest BCUT2D eigenvalue weighted by Gasteiger charge is 2.39. The number of rotatable bonds is 6. The van der Waals surface area contributed by atoms with Crippen molar-refractivity contribution in [1.82, 2.24) is 9.62 Å². The van der Waals surface area contributed by atoms with Crippen molar-refractivity contribution < 1.29 is 23.1 Å². The lowest BCUT2D eigenvalue weighted by molar-refractivity contribution is -0.136. The molecule has 1 fully saturated rings. The zero-order valence-corrected chi connectivity index (χ0v) is 13.1. The molecule has 22 heavy (non-hydrogen) atoms. The number of halogens is 1. The summed E-state index contributed by atoms with van der Waals surface area (Å²) in [6.07, 6.45) is -0.281. The van der Waals surface area contributed by atoms with Crippen molar-refractivity contribution in [3.8, 4) is 0 Å². The second-order valence-corrected chi connectivity index (χ2v) is 7.41. The van der Waals surface area contributed by atoms with Gasteiger partial charge in [-0.1, -0.05) is 17.7 Å². The van der Waals surface area contributed by atoms with E-state index < -0.39 is 21.2 Å². The number of carboxylic acid groups (broad SMARTS) is 1. The molecule has 120 valence electrons. The van der Waals surface area contributed by atoms with Crippen LogP contribution in [0.2, 0.25) is 5.02 Å². The third-order valence-corrected chi connectivity index (χ3v) is 5.31. The van der Waals surface area contributed by atoms with Crippen LogP contribution in [0.4, 0.5) is 0 Å². The minimum absolute atomic E-state index is 0.0771. The molecule has 0 radical (unpaired) electrons. The van der Waals surface area contributed by atoms with E-state index in [1.807, 2.05) is 0 Å². The van der Waals surface area contributed by atoms with E-state index in [1.54, 1.807) is 18.2 Å². The number of benzene rings is 1. The summed E-state index contributed by atoms with van der Waals surface area (Å²) < 4.78 is 26.0. The fourth-order valence-corrected chi connectivity index (χ4v) is 3.59. The highest BCUT2D eigenvalue weighted by Crippen LogP contribution is 2.20. The van der Waals surface area contributed by atoms with E-state index in [1.165, 1.54) is 11.0 Å². The van der Waals surface area contributed by atoms with Crippen LogP contribution in [0, 0.1) is 0 Å². The van der Waals surface area contributed by atoms with Crippen LogP contribution in [0.25, 0.3) is 0 Å². The monoisotopic (exact) mass is 346 g/mol. The van der Waals surface area contributed by atoms with Gasteiger partial charge in [0.25, 0.3) is 5.91 Å². The SMILES string of the molecule is O=C(O)CCNS(=O)(=O)C1CN(C(=O)c2cccc(Cl)c2)C1. The zero-order valence-electron chi connectivity index (χ0n) is 11.5. The largest absolute Gasteiger partial charge is 0.481 e. The van der Waals surface area contributed by atoms with Gasteiger partial charge in [0.15, 0.2) is 0 Å². The molecule has 1 aliphatic rings. The van der Waals surface area contributed by atoms with E-state index in [0.29, 0.717) is 10.6 Å². The average Bonchev–Trinajstić information content (AvgIpc) is 2.35. The molecule has 9 heteroatoms. The zero-order chi connectivity index (χ0) is 16.3. The first kappa shape index (κ1) is 16.7. The van der Waals surface area contributed by atoms with Crippen LogP contribution in [-0.2, 0) is 14.8 Å². The molecular formula is C13H15ClN2O5S. The summed E-state index contributed by atoms with van der Waals surface area (Å²) in [5.41, 5.74) is 0.405. The first-order chi connectivity index (χ1) is 10.3. The predicted molar refractivity (Wildman–Crippen MR) is 80.3 cm³/mol. The maximum atomic E-state index is 12.1. The van der Waals surface area contributed by atoms with Crippen LogP contribution in [0.1, 0.15) is 16.8 Å². The van der Waals surface area contributed by atoms with E-state index in [4.69, 9.17) is 16.7 Å². The number of likely N-dealkylation sites (tertiary alicyclic amines) is 1. The summed E-state index contributed by atoms with van der Waals surface area (Å²) in [5, 5.41) is 8.20. The van der Waals surface area contributed by atoms with Gasteiger partial charge in [-0.25, -0.2) is 13.1 Å². The number of sulfonamides is 1. The van der Waals surface area contributed by atoms with Gasteiger partial charge in [-0.2, -0.15) is 0 Å². The van der Waals surface area contributed by atoms with Crippen LogP contribution in [-0.4, -0.2) is 55.2 Å². The molecule has 0 spiro atoms. The third kappa shape index (κ3) is 3.96. The van der Waals surface area contributed by atoms with Gasteiger partial charge in [0.1, 0.15) is 5.25 Å². The maximum Gasteiger partial charge on any atom is 0.304 e. The Kier molecular flexibility index (Phi) is 5.05. The van der Waals surface area contributed by atoms with Crippen molar-refractivity contribution in [3.05, 3.63) is 34.9 Å². The molecule has 2 N–H and O–H groups in total. The van der Waals surface area contributed by atoms with E-state index in [2.05, 4.69) is 4.72 Å². The van der Waals surface area contributed by atoms with Gasteiger partial charge in [-0.3, -0.25) is 9.59 Å². The van der Waals surface area contributed by atoms with Crippen LogP contribution in [0.3, 0.4) is 0 Å². The van der Waals surface area contributed by atoms with E-state index in [0.717, 1.165) is 0 Å². The fourth-order valence-electron chi connectivity index (χ4n) is 2.02. The Morgan fingerprint density at radius 1 is 1.36 bits per heavy atom. The van der Waals surface area contributed by atoms with E-state index in [-0.39, 0.29) is 32.0 Å². The minimum atomic E-state index is -3.61. The molecule has 0 aliphatic carbocycles. The molecule has 0 unspecified atom stereocenters. The lowest BCUT2D eigenvalue weighted by Gasteiger charge is -2.38. The Morgan fingerprint density at radius 2 is 2.05 bits per heavy atom. The molecule has 1 aromatic rings. The number of carboxylic acids is 1. The maximum absolute atomic E-state index is 12.1. The van der Waals surface area contributed by atoms with Gasteiger partial charge in [0.05, 0.1) is 6.42 Å². The minimum Gasteiger partial charge on any atom is -0.481 e. The number of carbonyl (C=O) groups excluding carboxylic acids is 1. The number of carbonyl (C=O) groups is 2.